The molecule has 1 fully saturated rings. The molecule has 1 aliphatic rings. The molecule has 0 spiro atoms. The standard InChI is InChI=1S/C24H21FN2O2S/c1-3-14-27-23(28)22(30-24(27)26-19-10-4-16(2)5-11-19)15-20-12-13-21(29-20)17-6-8-18(25)9-7-17/h4-13,15H,3,14H2,1-2H3/b22-15+,26-24?. The fourth-order valence-electron chi connectivity index (χ4n) is 3.07. The van der Waals surface area contributed by atoms with E-state index in [2.05, 4.69) is 4.99 Å². The summed E-state index contributed by atoms with van der Waals surface area (Å²) in [6.07, 6.45) is 2.57. The van der Waals surface area contributed by atoms with Crippen molar-refractivity contribution in [3.63, 3.8) is 0 Å². The molecule has 0 aliphatic carbocycles. The number of benzene rings is 2. The highest BCUT2D eigenvalue weighted by molar-refractivity contribution is 8.18. The lowest BCUT2D eigenvalue weighted by Gasteiger charge is -2.13. The minimum Gasteiger partial charge on any atom is -0.457 e. The Labute approximate surface area is 179 Å². The zero-order valence-electron chi connectivity index (χ0n) is 16.8. The number of rotatable bonds is 5. The van der Waals surface area contributed by atoms with Crippen molar-refractivity contribution in [2.24, 2.45) is 4.99 Å². The quantitative estimate of drug-likeness (QED) is 0.448. The third-order valence-electron chi connectivity index (χ3n) is 4.62. The second-order valence-corrected chi connectivity index (χ2v) is 8.02. The maximum Gasteiger partial charge on any atom is 0.266 e. The predicted molar refractivity (Wildman–Crippen MR) is 120 cm³/mol. The van der Waals surface area contributed by atoms with Gasteiger partial charge in [-0.3, -0.25) is 9.69 Å². The fourth-order valence-corrected chi connectivity index (χ4v) is 4.08. The van der Waals surface area contributed by atoms with Crippen LogP contribution in [0.15, 0.2) is 75.0 Å². The van der Waals surface area contributed by atoms with E-state index in [0.29, 0.717) is 28.1 Å². The second kappa shape index (κ2) is 8.71. The number of carbonyl (C=O) groups excluding carboxylic acids is 1. The van der Waals surface area contributed by atoms with Crippen molar-refractivity contribution in [2.45, 2.75) is 20.3 Å². The van der Waals surface area contributed by atoms with E-state index in [9.17, 15) is 9.18 Å². The van der Waals surface area contributed by atoms with E-state index in [1.807, 2.05) is 44.2 Å². The first-order valence-corrected chi connectivity index (χ1v) is 10.6. The first kappa shape index (κ1) is 20.2. The Hall–Kier alpha value is -3.12. The average Bonchev–Trinajstić information content (AvgIpc) is 3.31. The number of carbonyl (C=O) groups is 1. The number of furan rings is 1. The van der Waals surface area contributed by atoms with Crippen LogP contribution in [-0.2, 0) is 4.79 Å². The molecule has 4 rings (SSSR count). The van der Waals surface area contributed by atoms with Gasteiger partial charge < -0.3 is 4.42 Å². The maximum atomic E-state index is 13.1. The summed E-state index contributed by atoms with van der Waals surface area (Å²) >= 11 is 1.35. The topological polar surface area (TPSA) is 45.8 Å². The van der Waals surface area contributed by atoms with E-state index in [4.69, 9.17) is 4.42 Å². The average molecular weight is 421 g/mol. The van der Waals surface area contributed by atoms with Crippen molar-refractivity contribution >= 4 is 34.6 Å². The molecule has 30 heavy (non-hydrogen) atoms. The van der Waals surface area contributed by atoms with Gasteiger partial charge in [-0.2, -0.15) is 0 Å². The van der Waals surface area contributed by atoms with Crippen LogP contribution in [0.1, 0.15) is 24.7 Å². The maximum absolute atomic E-state index is 13.1. The number of nitrogens with zero attached hydrogens (tertiary/aromatic N) is 2. The molecule has 4 nitrogen and oxygen atoms in total. The number of aliphatic imine (C=N–C) groups is 1. The summed E-state index contributed by atoms with van der Waals surface area (Å²) in [6.45, 7) is 4.66. The van der Waals surface area contributed by atoms with Crippen LogP contribution in [0.2, 0.25) is 0 Å². The molecule has 0 bridgehead atoms. The molecule has 1 amide bonds. The third-order valence-corrected chi connectivity index (χ3v) is 5.63. The summed E-state index contributed by atoms with van der Waals surface area (Å²) < 4.78 is 19.0. The molecule has 152 valence electrons. The van der Waals surface area contributed by atoms with E-state index in [-0.39, 0.29) is 11.7 Å². The molecular weight excluding hydrogens is 399 g/mol. The zero-order chi connectivity index (χ0) is 21.1. The van der Waals surface area contributed by atoms with Crippen LogP contribution < -0.4 is 0 Å². The van der Waals surface area contributed by atoms with Crippen molar-refractivity contribution in [3.8, 4) is 11.3 Å². The summed E-state index contributed by atoms with van der Waals surface area (Å²) in [5.74, 6) is 0.818. The molecule has 0 unspecified atom stereocenters. The molecule has 0 saturated carbocycles. The highest BCUT2D eigenvalue weighted by atomic mass is 32.2. The van der Waals surface area contributed by atoms with Gasteiger partial charge in [0.15, 0.2) is 5.17 Å². The molecule has 0 atom stereocenters. The fraction of sp³-hybridized carbons (Fsp3) is 0.167. The highest BCUT2D eigenvalue weighted by Gasteiger charge is 2.33. The molecule has 1 saturated heterocycles. The molecule has 0 radical (unpaired) electrons. The van der Waals surface area contributed by atoms with Gasteiger partial charge in [0.25, 0.3) is 5.91 Å². The molecule has 3 aromatic rings. The van der Waals surface area contributed by atoms with Gasteiger partial charge in [-0.15, -0.1) is 0 Å². The monoisotopic (exact) mass is 420 g/mol. The largest absolute Gasteiger partial charge is 0.457 e. The lowest BCUT2D eigenvalue weighted by atomic mass is 10.2. The van der Waals surface area contributed by atoms with E-state index < -0.39 is 0 Å². The van der Waals surface area contributed by atoms with Gasteiger partial charge in [0.2, 0.25) is 0 Å². The van der Waals surface area contributed by atoms with Gasteiger partial charge >= 0.3 is 0 Å². The van der Waals surface area contributed by atoms with Gasteiger partial charge in [-0.05, 0) is 73.6 Å². The Morgan fingerprint density at radius 1 is 1.07 bits per heavy atom. The van der Waals surface area contributed by atoms with Crippen molar-refractivity contribution in [2.75, 3.05) is 6.54 Å². The van der Waals surface area contributed by atoms with Gasteiger partial charge in [-0.1, -0.05) is 24.6 Å². The first-order chi connectivity index (χ1) is 14.5. The van der Waals surface area contributed by atoms with Crippen LogP contribution in [0.25, 0.3) is 17.4 Å². The summed E-state index contributed by atoms with van der Waals surface area (Å²) in [4.78, 5) is 19.9. The molecule has 1 aromatic heterocycles. The second-order valence-electron chi connectivity index (χ2n) is 7.01. The lowest BCUT2D eigenvalue weighted by molar-refractivity contribution is -0.122. The Morgan fingerprint density at radius 3 is 2.50 bits per heavy atom. The first-order valence-electron chi connectivity index (χ1n) is 9.76. The minimum absolute atomic E-state index is 0.0764. The number of thioether (sulfide) groups is 1. The summed E-state index contributed by atoms with van der Waals surface area (Å²) in [5, 5.41) is 0.669. The van der Waals surface area contributed by atoms with Crippen LogP contribution in [0.3, 0.4) is 0 Å². The smallest absolute Gasteiger partial charge is 0.266 e. The number of hydrogen-bond acceptors (Lipinski definition) is 4. The molecule has 6 heteroatoms. The lowest BCUT2D eigenvalue weighted by Crippen LogP contribution is -2.29. The number of amides is 1. The van der Waals surface area contributed by atoms with Gasteiger partial charge in [0.05, 0.1) is 10.6 Å². The molecule has 1 aliphatic heterocycles. The van der Waals surface area contributed by atoms with E-state index >= 15 is 0 Å². The van der Waals surface area contributed by atoms with Gasteiger partial charge in [0, 0.05) is 18.2 Å². The summed E-state index contributed by atoms with van der Waals surface area (Å²) in [5.41, 5.74) is 2.76. The van der Waals surface area contributed by atoms with Crippen molar-refractivity contribution in [1.82, 2.24) is 4.90 Å². The van der Waals surface area contributed by atoms with Crippen LogP contribution in [-0.4, -0.2) is 22.5 Å². The molecule has 0 N–H and O–H groups in total. The number of aryl methyl sites for hydroxylation is 1. The van der Waals surface area contributed by atoms with Gasteiger partial charge in [0.1, 0.15) is 17.3 Å². The van der Waals surface area contributed by atoms with Crippen LogP contribution in [0, 0.1) is 12.7 Å². The highest BCUT2D eigenvalue weighted by Crippen LogP contribution is 2.35. The minimum atomic E-state index is -0.294. The van der Waals surface area contributed by atoms with Crippen LogP contribution >= 0.6 is 11.8 Å². The van der Waals surface area contributed by atoms with Crippen molar-refractivity contribution in [1.29, 1.82) is 0 Å². The van der Waals surface area contributed by atoms with E-state index in [1.54, 1.807) is 29.2 Å². The van der Waals surface area contributed by atoms with E-state index in [0.717, 1.165) is 23.2 Å². The SMILES string of the molecule is CCCN1C(=O)/C(=C\c2ccc(-c3ccc(F)cc3)o2)SC1=Nc1ccc(C)cc1. The Kier molecular flexibility index (Phi) is 5.86. The predicted octanol–water partition coefficient (Wildman–Crippen LogP) is 6.41. The molecule has 2 aromatic carbocycles. The number of halogens is 1. The van der Waals surface area contributed by atoms with Crippen molar-refractivity contribution < 1.29 is 13.6 Å². The number of amidine groups is 1. The number of hydrogen-bond donors (Lipinski definition) is 0. The normalized spacial score (nSPS) is 16.8. The Balaban J connectivity index is 1.61. The van der Waals surface area contributed by atoms with Gasteiger partial charge in [-0.25, -0.2) is 9.38 Å². The van der Waals surface area contributed by atoms with Crippen molar-refractivity contribution in [3.05, 3.63) is 82.7 Å². The summed E-state index contributed by atoms with van der Waals surface area (Å²) in [6, 6.07) is 17.6. The van der Waals surface area contributed by atoms with Crippen LogP contribution in [0.5, 0.6) is 0 Å². The Morgan fingerprint density at radius 2 is 1.80 bits per heavy atom. The molecule has 2 heterocycles. The van der Waals surface area contributed by atoms with E-state index in [1.165, 1.54) is 23.9 Å². The van der Waals surface area contributed by atoms with Crippen LogP contribution in [0.4, 0.5) is 10.1 Å². The molecular formula is C24H21FN2O2S. The Bertz CT molecular complexity index is 1110. The third kappa shape index (κ3) is 4.39. The zero-order valence-corrected chi connectivity index (χ0v) is 17.6. The summed E-state index contributed by atoms with van der Waals surface area (Å²) in [7, 11) is 0.